The van der Waals surface area contributed by atoms with Gasteiger partial charge in [0.2, 0.25) is 0 Å². The van der Waals surface area contributed by atoms with Crippen molar-refractivity contribution in [3.05, 3.63) is 41.0 Å². The second kappa shape index (κ2) is 4.05. The van der Waals surface area contributed by atoms with Gasteiger partial charge in [-0.25, -0.2) is 4.99 Å². The van der Waals surface area contributed by atoms with Crippen LogP contribution in [0.15, 0.2) is 39.8 Å². The summed E-state index contributed by atoms with van der Waals surface area (Å²) < 4.78 is 0. The van der Waals surface area contributed by atoms with E-state index in [2.05, 4.69) is 36.1 Å². The van der Waals surface area contributed by atoms with E-state index < -0.39 is 0 Å². The summed E-state index contributed by atoms with van der Waals surface area (Å²) in [7, 11) is 0. The lowest BCUT2D eigenvalue weighted by Gasteiger charge is -2.26. The van der Waals surface area contributed by atoms with E-state index in [0.717, 1.165) is 30.9 Å². The highest BCUT2D eigenvalue weighted by Crippen LogP contribution is 2.35. The van der Waals surface area contributed by atoms with E-state index in [1.54, 1.807) is 0 Å². The van der Waals surface area contributed by atoms with Crippen molar-refractivity contribution < 1.29 is 0 Å². The Bertz CT molecular complexity index is 625. The molecule has 0 radical (unpaired) electrons. The van der Waals surface area contributed by atoms with Gasteiger partial charge in [0.1, 0.15) is 5.84 Å². The maximum atomic E-state index is 4.75. The van der Waals surface area contributed by atoms with Crippen LogP contribution in [0.2, 0.25) is 0 Å². The molecule has 96 valence electrons. The van der Waals surface area contributed by atoms with Crippen molar-refractivity contribution >= 4 is 17.9 Å². The van der Waals surface area contributed by atoms with Crippen molar-refractivity contribution in [1.82, 2.24) is 4.90 Å². The van der Waals surface area contributed by atoms with E-state index in [4.69, 9.17) is 9.98 Å². The molecule has 0 spiro atoms. The van der Waals surface area contributed by atoms with Crippen molar-refractivity contribution in [2.45, 2.75) is 32.2 Å². The lowest BCUT2D eigenvalue weighted by molar-refractivity contribution is 0.522. The number of aryl methyl sites for hydroxylation is 1. The Balaban J connectivity index is 1.89. The Morgan fingerprint density at radius 3 is 3.05 bits per heavy atom. The van der Waals surface area contributed by atoms with E-state index in [0.29, 0.717) is 6.04 Å². The molecule has 1 aromatic rings. The molecule has 0 amide bonds. The molecule has 3 heteroatoms. The zero-order valence-corrected chi connectivity index (χ0v) is 11.1. The first-order valence-corrected chi connectivity index (χ1v) is 7.03. The summed E-state index contributed by atoms with van der Waals surface area (Å²) >= 11 is 0. The fourth-order valence-corrected chi connectivity index (χ4v) is 3.21. The van der Waals surface area contributed by atoms with E-state index in [-0.39, 0.29) is 0 Å². The smallest absolute Gasteiger partial charge is 0.134 e. The van der Waals surface area contributed by atoms with Gasteiger partial charge >= 0.3 is 0 Å². The number of hydrogen-bond acceptors (Lipinski definition) is 3. The molecule has 0 fully saturated rings. The molecular weight excluding hydrogens is 234 g/mol. The first-order chi connectivity index (χ1) is 9.34. The van der Waals surface area contributed by atoms with E-state index in [1.165, 1.54) is 23.1 Å². The van der Waals surface area contributed by atoms with Gasteiger partial charge in [-0.15, -0.1) is 0 Å². The number of amidine groups is 1. The van der Waals surface area contributed by atoms with Crippen LogP contribution >= 0.6 is 0 Å². The molecule has 1 aromatic carbocycles. The Morgan fingerprint density at radius 2 is 2.11 bits per heavy atom. The molecular formula is C16H17N3. The van der Waals surface area contributed by atoms with Crippen LogP contribution in [-0.4, -0.2) is 29.7 Å². The zero-order valence-electron chi connectivity index (χ0n) is 11.1. The summed E-state index contributed by atoms with van der Waals surface area (Å²) in [5.41, 5.74) is 5.21. The second-order valence-electron chi connectivity index (χ2n) is 5.50. The van der Waals surface area contributed by atoms with Crippen LogP contribution in [-0.2, 0) is 6.42 Å². The Kier molecular flexibility index (Phi) is 2.34. The van der Waals surface area contributed by atoms with Crippen LogP contribution in [0, 0.1) is 0 Å². The minimum absolute atomic E-state index is 0.450. The van der Waals surface area contributed by atoms with Gasteiger partial charge in [0, 0.05) is 11.1 Å². The predicted octanol–water partition coefficient (Wildman–Crippen LogP) is 2.88. The third-order valence-corrected chi connectivity index (χ3v) is 4.24. The van der Waals surface area contributed by atoms with Crippen molar-refractivity contribution in [2.75, 3.05) is 6.54 Å². The highest BCUT2D eigenvalue weighted by Gasteiger charge is 2.31. The molecule has 3 nitrogen and oxygen atoms in total. The van der Waals surface area contributed by atoms with Crippen LogP contribution in [0.3, 0.4) is 0 Å². The van der Waals surface area contributed by atoms with Crippen LogP contribution in [0.25, 0.3) is 5.70 Å². The first-order valence-electron chi connectivity index (χ1n) is 7.03. The number of rotatable bonds is 0. The topological polar surface area (TPSA) is 28.0 Å². The Labute approximate surface area is 113 Å². The van der Waals surface area contributed by atoms with Crippen LogP contribution in [0.5, 0.6) is 0 Å². The fourth-order valence-electron chi connectivity index (χ4n) is 3.21. The van der Waals surface area contributed by atoms with Crippen molar-refractivity contribution in [3.63, 3.8) is 0 Å². The zero-order chi connectivity index (χ0) is 12.8. The maximum absolute atomic E-state index is 4.75. The maximum Gasteiger partial charge on any atom is 0.134 e. The van der Waals surface area contributed by atoms with Gasteiger partial charge in [-0.2, -0.15) is 0 Å². The van der Waals surface area contributed by atoms with Gasteiger partial charge < -0.3 is 4.90 Å². The summed E-state index contributed by atoms with van der Waals surface area (Å²) in [5.74, 6) is 1.16. The van der Waals surface area contributed by atoms with Gasteiger partial charge in [-0.1, -0.05) is 24.3 Å². The summed E-state index contributed by atoms with van der Waals surface area (Å²) in [6, 6.07) is 9.11. The molecule has 2 heterocycles. The molecule has 0 saturated heterocycles. The highest BCUT2D eigenvalue weighted by molar-refractivity contribution is 6.13. The Hall–Kier alpha value is -1.90. The lowest BCUT2D eigenvalue weighted by atomic mass is 10.0. The van der Waals surface area contributed by atoms with Crippen molar-refractivity contribution in [3.8, 4) is 0 Å². The number of benzene rings is 1. The van der Waals surface area contributed by atoms with Crippen LogP contribution < -0.4 is 0 Å². The van der Waals surface area contributed by atoms with E-state index in [9.17, 15) is 0 Å². The normalized spacial score (nSPS) is 24.6. The van der Waals surface area contributed by atoms with E-state index >= 15 is 0 Å². The third kappa shape index (κ3) is 1.57. The summed E-state index contributed by atoms with van der Waals surface area (Å²) in [5, 5.41) is 0. The minimum Gasteiger partial charge on any atom is -0.312 e. The largest absolute Gasteiger partial charge is 0.312 e. The molecule has 4 rings (SSSR count). The average molecular weight is 251 g/mol. The minimum atomic E-state index is 0.450. The SMILES string of the molecule is CC1CN=C2C3=C(N=CN21)c1ccccc1CCC3. The molecule has 1 aliphatic carbocycles. The third-order valence-electron chi connectivity index (χ3n) is 4.24. The van der Waals surface area contributed by atoms with Gasteiger partial charge in [0.25, 0.3) is 0 Å². The number of nitrogens with zero attached hydrogens (tertiary/aromatic N) is 3. The van der Waals surface area contributed by atoms with Gasteiger partial charge in [-0.3, -0.25) is 4.99 Å². The number of fused-ring (bicyclic) bond motifs is 4. The monoisotopic (exact) mass is 251 g/mol. The number of hydrogen-bond donors (Lipinski definition) is 0. The average Bonchev–Trinajstić information content (AvgIpc) is 2.71. The second-order valence-corrected chi connectivity index (χ2v) is 5.50. The molecule has 19 heavy (non-hydrogen) atoms. The summed E-state index contributed by atoms with van der Waals surface area (Å²) in [6.45, 7) is 3.10. The molecule has 0 aromatic heterocycles. The Morgan fingerprint density at radius 1 is 1.21 bits per heavy atom. The highest BCUT2D eigenvalue weighted by atomic mass is 15.3. The molecule has 0 bridgehead atoms. The van der Waals surface area contributed by atoms with Crippen molar-refractivity contribution in [1.29, 1.82) is 0 Å². The predicted molar refractivity (Wildman–Crippen MR) is 78.4 cm³/mol. The standard InChI is InChI=1S/C16H17N3/c1-11-9-17-16-14-8-4-6-12-5-2-3-7-13(12)15(14)18-10-19(11)16/h2-3,5,7,10-11H,4,6,8-9H2,1H3. The summed E-state index contributed by atoms with van der Waals surface area (Å²) in [6.07, 6.45) is 5.38. The lowest BCUT2D eigenvalue weighted by Crippen LogP contribution is -2.36. The molecule has 0 N–H and O–H groups in total. The quantitative estimate of drug-likeness (QED) is 0.696. The van der Waals surface area contributed by atoms with E-state index in [1.807, 2.05) is 6.34 Å². The molecule has 2 aliphatic heterocycles. The van der Waals surface area contributed by atoms with Gasteiger partial charge in [0.15, 0.2) is 0 Å². The molecule has 1 atom stereocenters. The summed E-state index contributed by atoms with van der Waals surface area (Å²) in [4.78, 5) is 11.7. The fraction of sp³-hybridized carbons (Fsp3) is 0.375. The van der Waals surface area contributed by atoms with Gasteiger partial charge in [-0.05, 0) is 31.7 Å². The first kappa shape index (κ1) is 11.0. The van der Waals surface area contributed by atoms with Crippen LogP contribution in [0.1, 0.15) is 30.9 Å². The molecule has 0 saturated carbocycles. The number of aliphatic imine (C=N–C) groups is 2. The van der Waals surface area contributed by atoms with Crippen molar-refractivity contribution in [2.24, 2.45) is 9.98 Å². The molecule has 3 aliphatic rings. The molecule has 1 unspecified atom stereocenters. The van der Waals surface area contributed by atoms with Crippen LogP contribution in [0.4, 0.5) is 0 Å². The van der Waals surface area contributed by atoms with Gasteiger partial charge in [0.05, 0.1) is 24.6 Å².